The molecule has 3 nitrogen and oxygen atoms in total. The molecule has 4 heteroatoms. The maximum absolute atomic E-state index is 10.1. The molecule has 1 aromatic heterocycles. The molecule has 90 valence electrons. The zero-order valence-electron chi connectivity index (χ0n) is 9.39. The lowest BCUT2D eigenvalue weighted by atomic mass is 10.0. The van der Waals surface area contributed by atoms with Gasteiger partial charge in [-0.3, -0.25) is 0 Å². The molecule has 17 heavy (non-hydrogen) atoms. The van der Waals surface area contributed by atoms with Gasteiger partial charge in [0, 0.05) is 16.5 Å². The average Bonchev–Trinajstić information content (AvgIpc) is 2.81. The van der Waals surface area contributed by atoms with E-state index < -0.39 is 6.10 Å². The first-order valence-electron chi connectivity index (χ1n) is 5.24. The molecule has 0 radical (unpaired) electrons. The third-order valence-electron chi connectivity index (χ3n) is 2.53. The topological polar surface area (TPSA) is 42.6 Å². The van der Waals surface area contributed by atoms with E-state index in [0.717, 1.165) is 15.8 Å². The number of halogens is 1. The van der Waals surface area contributed by atoms with E-state index in [1.54, 1.807) is 19.4 Å². The minimum atomic E-state index is -0.635. The monoisotopic (exact) mass is 296 g/mol. The second kappa shape index (κ2) is 5.38. The van der Waals surface area contributed by atoms with Gasteiger partial charge in [0.15, 0.2) is 0 Å². The van der Waals surface area contributed by atoms with Gasteiger partial charge >= 0.3 is 0 Å². The number of hydrogen-bond acceptors (Lipinski definition) is 3. The van der Waals surface area contributed by atoms with Crippen LogP contribution in [0.3, 0.4) is 0 Å². The lowest BCUT2D eigenvalue weighted by Gasteiger charge is -2.14. The molecule has 1 atom stereocenters. The standard InChI is InChI=1S/C13H13BrO3/c1-16-13-7-9(14)4-5-11(13)12(15)8-10-3-2-6-17-10/h2-7,12,15H,8H2,1H3. The average molecular weight is 297 g/mol. The molecule has 1 N–H and O–H groups in total. The first-order valence-corrected chi connectivity index (χ1v) is 6.04. The van der Waals surface area contributed by atoms with Gasteiger partial charge in [-0.05, 0) is 24.3 Å². The van der Waals surface area contributed by atoms with Crippen LogP contribution in [0.1, 0.15) is 17.4 Å². The molecule has 1 heterocycles. The number of rotatable bonds is 4. The minimum Gasteiger partial charge on any atom is -0.496 e. The molecule has 0 bridgehead atoms. The van der Waals surface area contributed by atoms with Gasteiger partial charge in [-0.15, -0.1) is 0 Å². The van der Waals surface area contributed by atoms with Crippen LogP contribution in [0, 0.1) is 0 Å². The van der Waals surface area contributed by atoms with Gasteiger partial charge < -0.3 is 14.3 Å². The molecule has 1 aromatic carbocycles. The van der Waals surface area contributed by atoms with Crippen molar-refractivity contribution in [3.05, 3.63) is 52.4 Å². The lowest BCUT2D eigenvalue weighted by Crippen LogP contribution is -2.03. The summed E-state index contributed by atoms with van der Waals surface area (Å²) in [6.07, 6.45) is 1.40. The van der Waals surface area contributed by atoms with E-state index in [0.29, 0.717) is 12.2 Å². The van der Waals surface area contributed by atoms with Crippen LogP contribution in [-0.4, -0.2) is 12.2 Å². The number of hydrogen-bond donors (Lipinski definition) is 1. The SMILES string of the molecule is COc1cc(Br)ccc1C(O)Cc1ccco1. The molecular weight excluding hydrogens is 284 g/mol. The Morgan fingerprint density at radius 2 is 2.24 bits per heavy atom. The molecule has 2 rings (SSSR count). The predicted molar refractivity (Wildman–Crippen MR) is 68.1 cm³/mol. The molecule has 0 aliphatic rings. The molecule has 0 aliphatic heterocycles. The van der Waals surface area contributed by atoms with E-state index in [4.69, 9.17) is 9.15 Å². The fourth-order valence-electron chi connectivity index (χ4n) is 1.69. The Labute approximate surface area is 108 Å². The fraction of sp³-hybridized carbons (Fsp3) is 0.231. The van der Waals surface area contributed by atoms with E-state index in [-0.39, 0.29) is 0 Å². The molecule has 0 fully saturated rings. The van der Waals surface area contributed by atoms with Crippen LogP contribution in [0.15, 0.2) is 45.5 Å². The summed E-state index contributed by atoms with van der Waals surface area (Å²) in [5.74, 6) is 1.42. The van der Waals surface area contributed by atoms with Crippen molar-refractivity contribution in [1.29, 1.82) is 0 Å². The van der Waals surface area contributed by atoms with Crippen molar-refractivity contribution in [3.8, 4) is 5.75 Å². The van der Waals surface area contributed by atoms with E-state index in [1.165, 1.54) is 0 Å². The Balaban J connectivity index is 2.21. The third kappa shape index (κ3) is 2.90. The maximum atomic E-state index is 10.1. The highest BCUT2D eigenvalue weighted by atomic mass is 79.9. The van der Waals surface area contributed by atoms with Gasteiger partial charge in [0.2, 0.25) is 0 Å². The lowest BCUT2D eigenvalue weighted by molar-refractivity contribution is 0.166. The van der Waals surface area contributed by atoms with Gasteiger partial charge in [0.05, 0.1) is 19.5 Å². The van der Waals surface area contributed by atoms with Crippen LogP contribution < -0.4 is 4.74 Å². The molecule has 1 unspecified atom stereocenters. The van der Waals surface area contributed by atoms with Gasteiger partial charge in [-0.2, -0.15) is 0 Å². The molecule has 0 spiro atoms. The largest absolute Gasteiger partial charge is 0.496 e. The molecule has 0 saturated heterocycles. The highest BCUT2D eigenvalue weighted by Gasteiger charge is 2.15. The first-order chi connectivity index (χ1) is 8.20. The normalized spacial score (nSPS) is 12.4. The van der Waals surface area contributed by atoms with Crippen molar-refractivity contribution in [2.75, 3.05) is 7.11 Å². The Morgan fingerprint density at radius 1 is 1.41 bits per heavy atom. The highest BCUT2D eigenvalue weighted by molar-refractivity contribution is 9.10. The summed E-state index contributed by atoms with van der Waals surface area (Å²) in [5, 5.41) is 10.1. The molecule has 0 saturated carbocycles. The van der Waals surface area contributed by atoms with Crippen molar-refractivity contribution < 1.29 is 14.3 Å². The summed E-state index contributed by atoms with van der Waals surface area (Å²) in [7, 11) is 1.59. The summed E-state index contributed by atoms with van der Waals surface area (Å²) >= 11 is 3.37. The highest BCUT2D eigenvalue weighted by Crippen LogP contribution is 2.30. The predicted octanol–water partition coefficient (Wildman–Crippen LogP) is 3.33. The first kappa shape index (κ1) is 12.2. The van der Waals surface area contributed by atoms with Crippen LogP contribution in [0.4, 0.5) is 0 Å². The summed E-state index contributed by atoms with van der Waals surface area (Å²) in [4.78, 5) is 0. The molecular formula is C13H13BrO3. The molecule has 2 aromatic rings. The number of aliphatic hydroxyl groups excluding tert-OH is 1. The van der Waals surface area contributed by atoms with Gasteiger partial charge in [0.25, 0.3) is 0 Å². The Kier molecular flexibility index (Phi) is 3.86. The fourth-order valence-corrected chi connectivity index (χ4v) is 2.03. The summed E-state index contributed by atoms with van der Waals surface area (Å²) in [6.45, 7) is 0. The molecule has 0 amide bonds. The number of furan rings is 1. The zero-order valence-corrected chi connectivity index (χ0v) is 11.0. The van der Waals surface area contributed by atoms with E-state index >= 15 is 0 Å². The Hall–Kier alpha value is -1.26. The Bertz CT molecular complexity index is 479. The minimum absolute atomic E-state index is 0.436. The van der Waals surface area contributed by atoms with E-state index in [1.807, 2.05) is 24.3 Å². The molecule has 0 aliphatic carbocycles. The van der Waals surface area contributed by atoms with Crippen molar-refractivity contribution in [2.24, 2.45) is 0 Å². The summed E-state index contributed by atoms with van der Waals surface area (Å²) in [5.41, 5.74) is 0.757. The third-order valence-corrected chi connectivity index (χ3v) is 3.02. The second-order valence-electron chi connectivity index (χ2n) is 3.69. The maximum Gasteiger partial charge on any atom is 0.125 e. The summed E-state index contributed by atoms with van der Waals surface area (Å²) < 4.78 is 11.4. The van der Waals surface area contributed by atoms with E-state index in [9.17, 15) is 5.11 Å². The van der Waals surface area contributed by atoms with Crippen LogP contribution in [-0.2, 0) is 6.42 Å². The van der Waals surface area contributed by atoms with Crippen molar-refractivity contribution in [1.82, 2.24) is 0 Å². The van der Waals surface area contributed by atoms with E-state index in [2.05, 4.69) is 15.9 Å². The quantitative estimate of drug-likeness (QED) is 0.941. The van der Waals surface area contributed by atoms with Crippen molar-refractivity contribution in [3.63, 3.8) is 0 Å². The smallest absolute Gasteiger partial charge is 0.125 e. The van der Waals surface area contributed by atoms with Crippen LogP contribution in [0.5, 0.6) is 5.75 Å². The summed E-state index contributed by atoms with van der Waals surface area (Å²) in [6, 6.07) is 9.20. The van der Waals surface area contributed by atoms with Gasteiger partial charge in [-0.1, -0.05) is 22.0 Å². The zero-order chi connectivity index (χ0) is 12.3. The number of ether oxygens (including phenoxy) is 1. The van der Waals surface area contributed by atoms with Crippen molar-refractivity contribution >= 4 is 15.9 Å². The van der Waals surface area contributed by atoms with Crippen molar-refractivity contribution in [2.45, 2.75) is 12.5 Å². The Morgan fingerprint density at radius 3 is 2.88 bits per heavy atom. The van der Waals surface area contributed by atoms with Crippen LogP contribution in [0.2, 0.25) is 0 Å². The van der Waals surface area contributed by atoms with Crippen LogP contribution in [0.25, 0.3) is 0 Å². The number of aliphatic hydroxyl groups is 1. The van der Waals surface area contributed by atoms with Gasteiger partial charge in [0.1, 0.15) is 11.5 Å². The van der Waals surface area contributed by atoms with Gasteiger partial charge in [-0.25, -0.2) is 0 Å². The number of benzene rings is 1. The van der Waals surface area contributed by atoms with Crippen LogP contribution >= 0.6 is 15.9 Å². The number of methoxy groups -OCH3 is 1. The second-order valence-corrected chi connectivity index (χ2v) is 4.60.